The van der Waals surface area contributed by atoms with Crippen LogP contribution >= 0.6 is 0 Å². The fourth-order valence-corrected chi connectivity index (χ4v) is 7.19. The summed E-state index contributed by atoms with van der Waals surface area (Å²) < 4.78 is 5.49. The van der Waals surface area contributed by atoms with Crippen molar-refractivity contribution in [3.8, 4) is 0 Å². The fraction of sp³-hybridized carbons (Fsp3) is 0.667. The molecule has 3 rings (SSSR count). The number of carboxylic acid groups (broad SMARTS) is 1. The van der Waals surface area contributed by atoms with Crippen molar-refractivity contribution in [3.05, 3.63) is 23.3 Å². The number of aliphatic carboxylic acids is 1. The van der Waals surface area contributed by atoms with Crippen molar-refractivity contribution >= 4 is 24.0 Å². The summed E-state index contributed by atoms with van der Waals surface area (Å²) >= 11 is 0. The molecule has 0 aromatic rings. The second-order valence-electron chi connectivity index (χ2n) is 9.97. The fourth-order valence-electron chi connectivity index (χ4n) is 7.19. The van der Waals surface area contributed by atoms with E-state index >= 15 is 0 Å². The molecule has 6 heteroatoms. The molecule has 0 amide bonds. The van der Waals surface area contributed by atoms with Gasteiger partial charge in [-0.3, -0.25) is 19.2 Å². The van der Waals surface area contributed by atoms with Crippen LogP contribution in [0.1, 0.15) is 66.7 Å². The highest BCUT2D eigenvalue weighted by atomic mass is 16.5. The van der Waals surface area contributed by atoms with Gasteiger partial charge < -0.3 is 9.84 Å². The molecule has 3 aliphatic rings. The van der Waals surface area contributed by atoms with Crippen LogP contribution in [0.5, 0.6) is 0 Å². The molecule has 0 bridgehead atoms. The Morgan fingerprint density at radius 2 is 1.77 bits per heavy atom. The molecule has 0 unspecified atom stereocenters. The number of hydrogen-bond acceptors (Lipinski definition) is 5. The molecule has 0 saturated heterocycles. The van der Waals surface area contributed by atoms with Crippen molar-refractivity contribution in [1.29, 1.82) is 0 Å². The third kappa shape index (κ3) is 3.07. The Morgan fingerprint density at radius 1 is 1.10 bits per heavy atom. The molecule has 30 heavy (non-hydrogen) atoms. The van der Waals surface area contributed by atoms with E-state index in [2.05, 4.69) is 13.8 Å². The van der Waals surface area contributed by atoms with Gasteiger partial charge >= 0.3 is 11.9 Å². The number of carboxylic acids is 1. The smallest absolute Gasteiger partial charge is 0.313 e. The van der Waals surface area contributed by atoms with Crippen LogP contribution in [0, 0.1) is 28.1 Å². The molecule has 0 radical (unpaired) electrons. The van der Waals surface area contributed by atoms with Crippen molar-refractivity contribution in [3.63, 3.8) is 0 Å². The van der Waals surface area contributed by atoms with E-state index in [0.717, 1.165) is 11.1 Å². The van der Waals surface area contributed by atoms with Crippen molar-refractivity contribution < 1.29 is 29.0 Å². The van der Waals surface area contributed by atoms with E-state index in [1.807, 2.05) is 6.92 Å². The summed E-state index contributed by atoms with van der Waals surface area (Å²) in [6, 6.07) is 0. The maximum absolute atomic E-state index is 13.1. The number of Topliss-reactive ketones (excluding diaryl/α,β-unsaturated/α-hetero) is 1. The molecule has 3 aliphatic carbocycles. The highest BCUT2D eigenvalue weighted by molar-refractivity contribution is 6.01. The molecule has 0 spiro atoms. The number of ketones is 1. The molecule has 6 nitrogen and oxygen atoms in total. The van der Waals surface area contributed by atoms with Crippen molar-refractivity contribution in [2.75, 3.05) is 0 Å². The van der Waals surface area contributed by atoms with Gasteiger partial charge in [0, 0.05) is 24.3 Å². The summed E-state index contributed by atoms with van der Waals surface area (Å²) in [5.41, 5.74) is -0.309. The molecule has 0 aromatic heterocycles. The van der Waals surface area contributed by atoms with Gasteiger partial charge in [0.05, 0.1) is 0 Å². The molecule has 1 N–H and O–H groups in total. The Kier molecular flexibility index (Phi) is 5.59. The largest absolute Gasteiger partial charge is 0.481 e. The van der Waals surface area contributed by atoms with Crippen LogP contribution in [0.4, 0.5) is 0 Å². The monoisotopic (exact) mass is 416 g/mol. The molecule has 6 atom stereocenters. The molecule has 0 aliphatic heterocycles. The quantitative estimate of drug-likeness (QED) is 0.424. The summed E-state index contributed by atoms with van der Waals surface area (Å²) in [5, 5.41) is 10.2. The second-order valence-corrected chi connectivity index (χ2v) is 9.97. The van der Waals surface area contributed by atoms with Crippen molar-refractivity contribution in [2.24, 2.45) is 28.1 Å². The Hall–Kier alpha value is -2.24. The SMILES string of the molecule is CC(=O)O[C@@H]1CC[C@@]2(C)[C@@H](CC[C@]3(C)C(=C(C)C=CC=O)C(=O)C[C@@H]23)[C@@]1(C)C(=O)O. The molecule has 3 saturated carbocycles. The Labute approximate surface area is 177 Å². The minimum Gasteiger partial charge on any atom is -0.481 e. The van der Waals surface area contributed by atoms with E-state index in [1.165, 1.54) is 13.0 Å². The number of carbonyl (C=O) groups excluding carboxylic acids is 3. The maximum atomic E-state index is 13.1. The van der Waals surface area contributed by atoms with E-state index in [-0.39, 0.29) is 28.4 Å². The highest BCUT2D eigenvalue weighted by Crippen LogP contribution is 2.69. The van der Waals surface area contributed by atoms with Crippen LogP contribution in [-0.2, 0) is 23.9 Å². The lowest BCUT2D eigenvalue weighted by atomic mass is 9.42. The topological polar surface area (TPSA) is 97.7 Å². The van der Waals surface area contributed by atoms with Gasteiger partial charge in [0.1, 0.15) is 17.8 Å². The van der Waals surface area contributed by atoms with E-state index in [4.69, 9.17) is 4.74 Å². The number of rotatable bonds is 4. The predicted octanol–water partition coefficient (Wildman–Crippen LogP) is 3.89. The lowest BCUT2D eigenvalue weighted by molar-refractivity contribution is -0.204. The van der Waals surface area contributed by atoms with Gasteiger partial charge in [-0.15, -0.1) is 0 Å². The molecule has 164 valence electrons. The summed E-state index contributed by atoms with van der Waals surface area (Å²) in [6.45, 7) is 9.13. The van der Waals surface area contributed by atoms with Gasteiger partial charge in [0.2, 0.25) is 0 Å². The zero-order chi connectivity index (χ0) is 22.5. The van der Waals surface area contributed by atoms with Crippen molar-refractivity contribution in [2.45, 2.75) is 72.8 Å². The first-order chi connectivity index (χ1) is 13.9. The van der Waals surface area contributed by atoms with Gasteiger partial charge in [0.25, 0.3) is 0 Å². The van der Waals surface area contributed by atoms with Crippen LogP contribution in [0.3, 0.4) is 0 Å². The van der Waals surface area contributed by atoms with Crippen LogP contribution in [-0.4, -0.2) is 35.2 Å². The van der Waals surface area contributed by atoms with Gasteiger partial charge in [-0.25, -0.2) is 0 Å². The number of ether oxygens (including phenoxy) is 1. The van der Waals surface area contributed by atoms with Crippen LogP contribution in [0.2, 0.25) is 0 Å². The van der Waals surface area contributed by atoms with Crippen LogP contribution in [0.15, 0.2) is 23.3 Å². The number of allylic oxidation sites excluding steroid dienone is 4. The maximum Gasteiger partial charge on any atom is 0.313 e. The third-order valence-corrected chi connectivity index (χ3v) is 8.48. The normalized spacial score (nSPS) is 42.4. The standard InChI is InChI=1S/C24H32O6/c1-14(7-6-12-25)20-16(27)13-18-22(3)11-9-19(30-15(2)26)24(5,21(28)29)17(22)8-10-23(18,20)4/h6-7,12,17-19H,8-11,13H2,1-5H3,(H,28,29)/t17-,18+,19-,22+,23+,24-/m1/s1. The first-order valence-electron chi connectivity index (χ1n) is 10.7. The summed E-state index contributed by atoms with van der Waals surface area (Å²) in [5.74, 6) is -1.50. The first-order valence-corrected chi connectivity index (χ1v) is 10.7. The number of aldehydes is 1. The summed E-state index contributed by atoms with van der Waals surface area (Å²) in [7, 11) is 0. The first kappa shape index (κ1) is 22.4. The second kappa shape index (κ2) is 7.47. The zero-order valence-electron chi connectivity index (χ0n) is 18.5. The number of hydrogen-bond donors (Lipinski definition) is 1. The van der Waals surface area contributed by atoms with Crippen molar-refractivity contribution in [1.82, 2.24) is 0 Å². The third-order valence-electron chi connectivity index (χ3n) is 8.48. The minimum absolute atomic E-state index is 0.0165. The Bertz CT molecular complexity index is 854. The predicted molar refractivity (Wildman–Crippen MR) is 110 cm³/mol. The Morgan fingerprint density at radius 3 is 2.33 bits per heavy atom. The number of fused-ring (bicyclic) bond motifs is 3. The number of esters is 1. The minimum atomic E-state index is -1.19. The zero-order valence-corrected chi connectivity index (χ0v) is 18.5. The van der Waals surface area contributed by atoms with Gasteiger partial charge in [-0.2, -0.15) is 0 Å². The lowest BCUT2D eigenvalue weighted by Crippen LogP contribution is -2.61. The molecular formula is C24H32O6. The molecule has 0 aromatic carbocycles. The van der Waals surface area contributed by atoms with E-state index in [0.29, 0.717) is 38.4 Å². The molecule has 3 fully saturated rings. The number of carbonyl (C=O) groups is 4. The van der Waals surface area contributed by atoms with E-state index in [1.54, 1.807) is 13.0 Å². The van der Waals surface area contributed by atoms with Crippen LogP contribution < -0.4 is 0 Å². The molecule has 0 heterocycles. The molecular weight excluding hydrogens is 384 g/mol. The average molecular weight is 417 g/mol. The van der Waals surface area contributed by atoms with Gasteiger partial charge in [0.15, 0.2) is 5.78 Å². The lowest BCUT2D eigenvalue weighted by Gasteiger charge is -2.61. The van der Waals surface area contributed by atoms with Gasteiger partial charge in [-0.05, 0) is 68.4 Å². The summed E-state index contributed by atoms with van der Waals surface area (Å²) in [6.07, 6.45) is 6.05. The van der Waals surface area contributed by atoms with Gasteiger partial charge in [-0.1, -0.05) is 19.9 Å². The van der Waals surface area contributed by atoms with E-state index in [9.17, 15) is 24.3 Å². The highest BCUT2D eigenvalue weighted by Gasteiger charge is 2.68. The summed E-state index contributed by atoms with van der Waals surface area (Å²) in [4.78, 5) is 48.0. The Balaban J connectivity index is 2.08. The average Bonchev–Trinajstić information content (AvgIpc) is 2.93. The van der Waals surface area contributed by atoms with E-state index < -0.39 is 23.5 Å². The van der Waals surface area contributed by atoms with Crippen LogP contribution in [0.25, 0.3) is 0 Å².